The molecule has 8 nitrogen and oxygen atoms in total. The minimum absolute atomic E-state index is 0.0264. The molecule has 0 atom stereocenters. The van der Waals surface area contributed by atoms with Gasteiger partial charge in [-0.05, 0) is 20.8 Å². The Bertz CT molecular complexity index is 461. The number of H-pyrrole nitrogens is 1. The van der Waals surface area contributed by atoms with E-state index in [4.69, 9.17) is 16.2 Å². The summed E-state index contributed by atoms with van der Waals surface area (Å²) in [5, 5.41) is 8.78. The lowest BCUT2D eigenvalue weighted by atomic mass is 10.2. The van der Waals surface area contributed by atoms with Crippen LogP contribution in [-0.2, 0) is 9.53 Å². The van der Waals surface area contributed by atoms with Crippen molar-refractivity contribution in [1.29, 1.82) is 0 Å². The minimum Gasteiger partial charge on any atom is -0.459 e. The molecule has 18 heavy (non-hydrogen) atoms. The van der Waals surface area contributed by atoms with E-state index in [2.05, 4.69) is 15.5 Å². The van der Waals surface area contributed by atoms with E-state index < -0.39 is 17.5 Å². The number of anilines is 2. The molecule has 1 rings (SSSR count). The number of primary amides is 1. The van der Waals surface area contributed by atoms with Gasteiger partial charge in [0.2, 0.25) is 0 Å². The summed E-state index contributed by atoms with van der Waals surface area (Å²) in [6.07, 6.45) is 0. The molecular weight excluding hydrogens is 238 g/mol. The van der Waals surface area contributed by atoms with E-state index in [1.54, 1.807) is 20.8 Å². The average molecular weight is 255 g/mol. The number of hydrogen-bond donors (Lipinski definition) is 4. The van der Waals surface area contributed by atoms with E-state index in [-0.39, 0.29) is 23.7 Å². The van der Waals surface area contributed by atoms with Crippen LogP contribution in [-0.4, -0.2) is 34.2 Å². The second-order valence-corrected chi connectivity index (χ2v) is 4.67. The summed E-state index contributed by atoms with van der Waals surface area (Å²) in [6, 6.07) is 0. The lowest BCUT2D eigenvalue weighted by Crippen LogP contribution is -2.28. The van der Waals surface area contributed by atoms with E-state index in [0.29, 0.717) is 0 Å². The zero-order valence-electron chi connectivity index (χ0n) is 10.5. The fourth-order valence-corrected chi connectivity index (χ4v) is 1.27. The number of amides is 1. The van der Waals surface area contributed by atoms with Gasteiger partial charge < -0.3 is 21.5 Å². The minimum atomic E-state index is -0.729. The van der Waals surface area contributed by atoms with Crippen molar-refractivity contribution in [2.75, 3.05) is 17.6 Å². The Labute approximate surface area is 104 Å². The highest BCUT2D eigenvalue weighted by molar-refractivity contribution is 6.02. The van der Waals surface area contributed by atoms with E-state index in [1.165, 1.54) is 0 Å². The van der Waals surface area contributed by atoms with Gasteiger partial charge in [0.15, 0.2) is 5.82 Å². The molecule has 0 aliphatic carbocycles. The van der Waals surface area contributed by atoms with Crippen molar-refractivity contribution in [2.24, 2.45) is 5.73 Å². The Hall–Kier alpha value is -2.25. The van der Waals surface area contributed by atoms with E-state index in [0.717, 1.165) is 0 Å². The molecule has 1 amide bonds. The highest BCUT2D eigenvalue weighted by Gasteiger charge is 2.19. The Morgan fingerprint density at radius 1 is 1.44 bits per heavy atom. The maximum absolute atomic E-state index is 11.4. The number of aromatic amines is 1. The first-order chi connectivity index (χ1) is 8.20. The second kappa shape index (κ2) is 4.94. The number of carbonyl (C=O) groups excluding carboxylic acids is 2. The first kappa shape index (κ1) is 13.8. The Balaban J connectivity index is 2.65. The Kier molecular flexibility index (Phi) is 3.79. The van der Waals surface area contributed by atoms with Gasteiger partial charge in [-0.3, -0.25) is 14.7 Å². The van der Waals surface area contributed by atoms with Crippen molar-refractivity contribution in [3.8, 4) is 0 Å². The standard InChI is InChI=1S/C10H17N5O3/c1-10(2,3)18-5(16)4-13-9-6(8(12)17)7(11)14-15-9/h4H2,1-3H3,(H2,12,17)(H4,11,13,14,15). The van der Waals surface area contributed by atoms with Crippen LogP contribution in [0.1, 0.15) is 31.1 Å². The van der Waals surface area contributed by atoms with Crippen molar-refractivity contribution in [3.63, 3.8) is 0 Å². The zero-order valence-corrected chi connectivity index (χ0v) is 10.5. The van der Waals surface area contributed by atoms with Gasteiger partial charge in [0.25, 0.3) is 5.91 Å². The van der Waals surface area contributed by atoms with Crippen molar-refractivity contribution in [2.45, 2.75) is 26.4 Å². The number of nitrogens with two attached hydrogens (primary N) is 2. The van der Waals surface area contributed by atoms with E-state index in [1.807, 2.05) is 0 Å². The number of esters is 1. The predicted molar refractivity (Wildman–Crippen MR) is 65.9 cm³/mol. The molecule has 0 aliphatic rings. The normalized spacial score (nSPS) is 11.1. The predicted octanol–water partition coefficient (Wildman–Crippen LogP) is -0.156. The van der Waals surface area contributed by atoms with Crippen LogP contribution in [0.5, 0.6) is 0 Å². The molecule has 6 N–H and O–H groups in total. The molecule has 0 bridgehead atoms. The molecule has 0 radical (unpaired) electrons. The van der Waals surface area contributed by atoms with Crippen molar-refractivity contribution in [3.05, 3.63) is 5.56 Å². The number of nitrogens with one attached hydrogen (secondary N) is 2. The molecule has 8 heteroatoms. The molecule has 0 aliphatic heterocycles. The molecule has 0 aromatic carbocycles. The van der Waals surface area contributed by atoms with Crippen LogP contribution in [0, 0.1) is 0 Å². The van der Waals surface area contributed by atoms with Gasteiger partial charge >= 0.3 is 5.97 Å². The summed E-state index contributed by atoms with van der Waals surface area (Å²) in [7, 11) is 0. The number of aromatic nitrogens is 2. The Morgan fingerprint density at radius 2 is 2.06 bits per heavy atom. The molecule has 1 aromatic rings. The van der Waals surface area contributed by atoms with Gasteiger partial charge in [0, 0.05) is 0 Å². The molecule has 1 heterocycles. The van der Waals surface area contributed by atoms with Crippen LogP contribution < -0.4 is 16.8 Å². The molecule has 0 spiro atoms. The quantitative estimate of drug-likeness (QED) is 0.552. The highest BCUT2D eigenvalue weighted by Crippen LogP contribution is 2.17. The first-order valence-electron chi connectivity index (χ1n) is 5.30. The van der Waals surface area contributed by atoms with Crippen molar-refractivity contribution >= 4 is 23.5 Å². The largest absolute Gasteiger partial charge is 0.459 e. The molecule has 100 valence electrons. The van der Waals surface area contributed by atoms with Gasteiger partial charge in [0.05, 0.1) is 0 Å². The summed E-state index contributed by atoms with van der Waals surface area (Å²) in [5.74, 6) is -1.02. The monoisotopic (exact) mass is 255 g/mol. The van der Waals surface area contributed by atoms with Crippen molar-refractivity contribution < 1.29 is 14.3 Å². The maximum atomic E-state index is 11.4. The van der Waals surface area contributed by atoms with Gasteiger partial charge in [-0.1, -0.05) is 0 Å². The number of nitrogens with zero attached hydrogens (tertiary/aromatic N) is 1. The van der Waals surface area contributed by atoms with Crippen LogP contribution in [0.3, 0.4) is 0 Å². The number of nitrogen functional groups attached to an aromatic ring is 1. The van der Waals surface area contributed by atoms with Crippen LogP contribution in [0.2, 0.25) is 0 Å². The third-order valence-electron chi connectivity index (χ3n) is 1.86. The van der Waals surface area contributed by atoms with Gasteiger partial charge in [0.1, 0.15) is 23.5 Å². The van der Waals surface area contributed by atoms with Crippen LogP contribution in [0.4, 0.5) is 11.6 Å². The maximum Gasteiger partial charge on any atom is 0.325 e. The fraction of sp³-hybridized carbons (Fsp3) is 0.500. The first-order valence-corrected chi connectivity index (χ1v) is 5.30. The number of carbonyl (C=O) groups is 2. The topological polar surface area (TPSA) is 136 Å². The molecule has 0 unspecified atom stereocenters. The third-order valence-corrected chi connectivity index (χ3v) is 1.86. The molecular formula is C10H17N5O3. The third kappa shape index (κ3) is 3.65. The summed E-state index contributed by atoms with van der Waals surface area (Å²) in [6.45, 7) is 5.13. The second-order valence-electron chi connectivity index (χ2n) is 4.67. The highest BCUT2D eigenvalue weighted by atomic mass is 16.6. The van der Waals surface area contributed by atoms with Crippen LogP contribution in [0.25, 0.3) is 0 Å². The summed E-state index contributed by atoms with van der Waals surface area (Å²) in [4.78, 5) is 22.6. The molecule has 0 fully saturated rings. The van der Waals surface area contributed by atoms with Gasteiger partial charge in [-0.2, -0.15) is 5.10 Å². The van der Waals surface area contributed by atoms with Crippen LogP contribution in [0.15, 0.2) is 0 Å². The van der Waals surface area contributed by atoms with Gasteiger partial charge in [-0.25, -0.2) is 0 Å². The SMILES string of the molecule is CC(C)(C)OC(=O)CNc1n[nH]c(N)c1C(N)=O. The smallest absolute Gasteiger partial charge is 0.325 e. The Morgan fingerprint density at radius 3 is 2.56 bits per heavy atom. The van der Waals surface area contributed by atoms with E-state index >= 15 is 0 Å². The lowest BCUT2D eigenvalue weighted by molar-refractivity contribution is -0.152. The summed E-state index contributed by atoms with van der Waals surface area (Å²) < 4.78 is 5.08. The summed E-state index contributed by atoms with van der Waals surface area (Å²) in [5.41, 5.74) is 10.1. The lowest BCUT2D eigenvalue weighted by Gasteiger charge is -2.19. The number of rotatable bonds is 4. The molecule has 1 aromatic heterocycles. The average Bonchev–Trinajstić information content (AvgIpc) is 2.54. The van der Waals surface area contributed by atoms with Crippen molar-refractivity contribution in [1.82, 2.24) is 10.2 Å². The fourth-order valence-electron chi connectivity index (χ4n) is 1.27. The summed E-state index contributed by atoms with van der Waals surface area (Å²) >= 11 is 0. The number of hydrogen-bond acceptors (Lipinski definition) is 6. The molecule has 0 saturated heterocycles. The number of ether oxygens (including phenoxy) is 1. The van der Waals surface area contributed by atoms with Crippen LogP contribution >= 0.6 is 0 Å². The zero-order chi connectivity index (χ0) is 13.9. The van der Waals surface area contributed by atoms with Gasteiger partial charge in [-0.15, -0.1) is 0 Å². The van der Waals surface area contributed by atoms with E-state index in [9.17, 15) is 9.59 Å². The molecule has 0 saturated carbocycles.